The van der Waals surface area contributed by atoms with Crippen molar-refractivity contribution in [1.29, 1.82) is 0 Å². The Kier molecular flexibility index (Phi) is 5.92. The predicted molar refractivity (Wildman–Crippen MR) is 122 cm³/mol. The van der Waals surface area contributed by atoms with Gasteiger partial charge >= 0.3 is 0 Å². The molecule has 0 unspecified atom stereocenters. The largest absolute Gasteiger partial charge is 0.508 e. The van der Waals surface area contributed by atoms with Crippen LogP contribution in [0.2, 0.25) is 0 Å². The summed E-state index contributed by atoms with van der Waals surface area (Å²) in [4.78, 5) is 2.46. The molecule has 2 heterocycles. The molecule has 0 radical (unpaired) electrons. The zero-order valence-electron chi connectivity index (χ0n) is 17.7. The Bertz CT molecular complexity index is 997. The molecule has 160 valence electrons. The fourth-order valence-corrected chi connectivity index (χ4v) is 4.82. The predicted octanol–water partition coefficient (Wildman–Crippen LogP) is 5.27. The molecule has 2 aliphatic heterocycles. The van der Waals surface area contributed by atoms with Crippen molar-refractivity contribution in [2.24, 2.45) is 0 Å². The molecule has 1 fully saturated rings. The molecule has 0 spiro atoms. The minimum Gasteiger partial charge on any atom is -0.508 e. The topological polar surface area (TPSA) is 41.9 Å². The zero-order valence-corrected chi connectivity index (χ0v) is 17.7. The van der Waals surface area contributed by atoms with Gasteiger partial charge in [0, 0.05) is 12.5 Å². The van der Waals surface area contributed by atoms with Crippen LogP contribution in [0, 0.1) is 0 Å². The molecule has 4 nitrogen and oxygen atoms in total. The molecule has 4 heteroatoms. The number of phenolic OH excluding ortho intramolecular Hbond substituents is 1. The first kappa shape index (κ1) is 20.1. The van der Waals surface area contributed by atoms with Gasteiger partial charge in [0.15, 0.2) is 0 Å². The number of aromatic hydroxyl groups is 1. The van der Waals surface area contributed by atoms with Gasteiger partial charge in [0.2, 0.25) is 0 Å². The maximum absolute atomic E-state index is 9.95. The zero-order chi connectivity index (χ0) is 21.0. The first-order chi connectivity index (χ1) is 15.3. The summed E-state index contributed by atoms with van der Waals surface area (Å²) in [5.74, 6) is 1.24. The lowest BCUT2D eigenvalue weighted by molar-refractivity contribution is 0.0148. The van der Waals surface area contributed by atoms with E-state index in [1.807, 2.05) is 18.2 Å². The van der Waals surface area contributed by atoms with E-state index in [0.29, 0.717) is 6.61 Å². The van der Waals surface area contributed by atoms with Crippen LogP contribution < -0.4 is 4.74 Å². The maximum Gasteiger partial charge on any atom is 0.119 e. The van der Waals surface area contributed by atoms with Crippen LogP contribution in [0.4, 0.5) is 0 Å². The molecular formula is C27H29NO3. The molecule has 3 aromatic carbocycles. The van der Waals surface area contributed by atoms with E-state index in [0.717, 1.165) is 30.0 Å². The highest BCUT2D eigenvalue weighted by molar-refractivity contribution is 5.46. The summed E-state index contributed by atoms with van der Waals surface area (Å²) in [6, 6.07) is 24.4. The highest BCUT2D eigenvalue weighted by Crippen LogP contribution is 2.45. The van der Waals surface area contributed by atoms with Crippen LogP contribution in [0.5, 0.6) is 11.5 Å². The van der Waals surface area contributed by atoms with Gasteiger partial charge in [-0.2, -0.15) is 0 Å². The van der Waals surface area contributed by atoms with Crippen LogP contribution >= 0.6 is 0 Å². The van der Waals surface area contributed by atoms with E-state index >= 15 is 0 Å². The van der Waals surface area contributed by atoms with E-state index in [4.69, 9.17) is 9.47 Å². The summed E-state index contributed by atoms with van der Waals surface area (Å²) in [5, 5.41) is 9.95. The Morgan fingerprint density at radius 1 is 0.903 bits per heavy atom. The molecule has 0 bridgehead atoms. The summed E-state index contributed by atoms with van der Waals surface area (Å²) in [5.41, 5.74) is 4.60. The summed E-state index contributed by atoms with van der Waals surface area (Å²) < 4.78 is 12.3. The van der Waals surface area contributed by atoms with Gasteiger partial charge in [-0.25, -0.2) is 0 Å². The monoisotopic (exact) mass is 415 g/mol. The molecule has 3 aromatic rings. The van der Waals surface area contributed by atoms with Crippen molar-refractivity contribution in [2.45, 2.75) is 31.5 Å². The fraction of sp³-hybridized carbons (Fsp3) is 0.333. The minimum atomic E-state index is -0.0693. The van der Waals surface area contributed by atoms with E-state index in [-0.39, 0.29) is 17.8 Å². The van der Waals surface area contributed by atoms with Crippen molar-refractivity contribution >= 4 is 0 Å². The van der Waals surface area contributed by atoms with Gasteiger partial charge in [-0.1, -0.05) is 48.5 Å². The van der Waals surface area contributed by atoms with Gasteiger partial charge in [0.25, 0.3) is 0 Å². The van der Waals surface area contributed by atoms with Crippen LogP contribution in [-0.2, 0) is 11.3 Å². The lowest BCUT2D eigenvalue weighted by atomic mass is 9.80. The number of phenols is 1. The number of likely N-dealkylation sites (tertiary alicyclic amines) is 1. The Hall–Kier alpha value is -2.82. The number of fused-ring (bicyclic) bond motifs is 1. The molecule has 1 N–H and O–H groups in total. The molecular weight excluding hydrogens is 386 g/mol. The van der Waals surface area contributed by atoms with Crippen LogP contribution in [-0.4, -0.2) is 36.2 Å². The smallest absolute Gasteiger partial charge is 0.119 e. The van der Waals surface area contributed by atoms with E-state index < -0.39 is 0 Å². The quantitative estimate of drug-likeness (QED) is 0.596. The van der Waals surface area contributed by atoms with E-state index in [1.54, 1.807) is 6.07 Å². The standard InChI is InChI=1S/C27H29NO3/c29-23-10-13-25-22(18-23)19-31-27(21-6-2-1-3-7-21)26(25)20-8-11-24(12-9-20)30-17-16-28-14-4-5-15-28/h1-3,6-13,18,26-27,29H,4-5,14-17,19H2/t26-,27-/m1/s1. The second-order valence-corrected chi connectivity index (χ2v) is 8.47. The Labute approximate surface area is 184 Å². The van der Waals surface area contributed by atoms with Gasteiger partial charge in [0.05, 0.1) is 12.7 Å². The number of rotatable bonds is 6. The van der Waals surface area contributed by atoms with E-state index in [1.165, 1.54) is 37.1 Å². The van der Waals surface area contributed by atoms with Crippen molar-refractivity contribution in [3.63, 3.8) is 0 Å². The number of hydrogen-bond acceptors (Lipinski definition) is 4. The lowest BCUT2D eigenvalue weighted by Gasteiger charge is -2.34. The first-order valence-electron chi connectivity index (χ1n) is 11.2. The van der Waals surface area contributed by atoms with Crippen LogP contribution in [0.1, 0.15) is 47.1 Å². The van der Waals surface area contributed by atoms with Crippen molar-refractivity contribution in [1.82, 2.24) is 4.90 Å². The maximum atomic E-state index is 9.95. The third-order valence-corrected chi connectivity index (χ3v) is 6.43. The highest BCUT2D eigenvalue weighted by atomic mass is 16.5. The summed E-state index contributed by atoms with van der Waals surface area (Å²) in [7, 11) is 0. The second-order valence-electron chi connectivity index (χ2n) is 8.47. The number of nitrogens with zero attached hydrogens (tertiary/aromatic N) is 1. The number of hydrogen-bond donors (Lipinski definition) is 1. The van der Waals surface area contributed by atoms with Gasteiger partial charge in [0.1, 0.15) is 18.1 Å². The number of ether oxygens (including phenoxy) is 2. The third-order valence-electron chi connectivity index (χ3n) is 6.43. The fourth-order valence-electron chi connectivity index (χ4n) is 4.82. The average molecular weight is 416 g/mol. The van der Waals surface area contributed by atoms with Crippen molar-refractivity contribution in [3.8, 4) is 11.5 Å². The molecule has 2 aliphatic rings. The molecule has 2 atom stereocenters. The number of benzene rings is 3. The normalized spacial score (nSPS) is 21.0. The molecule has 5 rings (SSSR count). The van der Waals surface area contributed by atoms with Crippen molar-refractivity contribution in [2.75, 3.05) is 26.2 Å². The van der Waals surface area contributed by atoms with Gasteiger partial charge in [-0.15, -0.1) is 0 Å². The van der Waals surface area contributed by atoms with Gasteiger partial charge in [-0.05, 0) is 72.5 Å². The first-order valence-corrected chi connectivity index (χ1v) is 11.2. The molecule has 0 aliphatic carbocycles. The molecule has 0 saturated carbocycles. The SMILES string of the molecule is Oc1ccc2c(c1)CO[C@H](c1ccccc1)[C@@H]2c1ccc(OCCN2CCCC2)cc1. The molecule has 31 heavy (non-hydrogen) atoms. The average Bonchev–Trinajstić information content (AvgIpc) is 3.33. The lowest BCUT2D eigenvalue weighted by Crippen LogP contribution is -2.25. The van der Waals surface area contributed by atoms with Crippen LogP contribution in [0.3, 0.4) is 0 Å². The Balaban J connectivity index is 1.38. The van der Waals surface area contributed by atoms with E-state index in [9.17, 15) is 5.11 Å². The molecule has 0 amide bonds. The second kappa shape index (κ2) is 9.13. The summed E-state index contributed by atoms with van der Waals surface area (Å²) in [6.07, 6.45) is 2.54. The Morgan fingerprint density at radius 3 is 2.45 bits per heavy atom. The van der Waals surface area contributed by atoms with E-state index in [2.05, 4.69) is 53.4 Å². The van der Waals surface area contributed by atoms with Crippen LogP contribution in [0.15, 0.2) is 72.8 Å². The highest BCUT2D eigenvalue weighted by Gasteiger charge is 2.33. The minimum absolute atomic E-state index is 0.0606. The van der Waals surface area contributed by atoms with Gasteiger partial charge < -0.3 is 14.6 Å². The van der Waals surface area contributed by atoms with Crippen molar-refractivity contribution < 1.29 is 14.6 Å². The summed E-state index contributed by atoms with van der Waals surface area (Å²) in [6.45, 7) is 4.60. The third kappa shape index (κ3) is 4.46. The molecule has 0 aromatic heterocycles. The van der Waals surface area contributed by atoms with Crippen molar-refractivity contribution in [3.05, 3.63) is 95.1 Å². The summed E-state index contributed by atoms with van der Waals surface area (Å²) >= 11 is 0. The van der Waals surface area contributed by atoms with Gasteiger partial charge in [-0.3, -0.25) is 4.90 Å². The Morgan fingerprint density at radius 2 is 1.68 bits per heavy atom. The van der Waals surface area contributed by atoms with Crippen LogP contribution in [0.25, 0.3) is 0 Å². The molecule has 1 saturated heterocycles.